The predicted octanol–water partition coefficient (Wildman–Crippen LogP) is 1.63. The van der Waals surface area contributed by atoms with Crippen molar-refractivity contribution in [3.8, 4) is 0 Å². The highest BCUT2D eigenvalue weighted by atomic mass is 16.2. The van der Waals surface area contributed by atoms with E-state index in [1.54, 1.807) is 0 Å². The molecular formula is C12H24N2O. The Labute approximate surface area is 93.2 Å². The van der Waals surface area contributed by atoms with Crippen LogP contribution in [0.15, 0.2) is 0 Å². The van der Waals surface area contributed by atoms with E-state index in [0.717, 1.165) is 19.6 Å². The molecule has 15 heavy (non-hydrogen) atoms. The first-order valence-electron chi connectivity index (χ1n) is 6.05. The molecule has 1 aliphatic rings. The van der Waals surface area contributed by atoms with Gasteiger partial charge in [-0.1, -0.05) is 20.3 Å². The zero-order valence-corrected chi connectivity index (χ0v) is 10.5. The molecule has 0 saturated carbocycles. The first kappa shape index (κ1) is 12.5. The van der Waals surface area contributed by atoms with Crippen LogP contribution in [-0.2, 0) is 4.79 Å². The van der Waals surface area contributed by atoms with Crippen molar-refractivity contribution in [1.29, 1.82) is 0 Å². The van der Waals surface area contributed by atoms with E-state index < -0.39 is 5.54 Å². The minimum absolute atomic E-state index is 0.250. The van der Waals surface area contributed by atoms with Crippen molar-refractivity contribution in [2.75, 3.05) is 19.6 Å². The zero-order chi connectivity index (χ0) is 11.5. The van der Waals surface area contributed by atoms with Gasteiger partial charge in [0.25, 0.3) is 0 Å². The molecule has 1 fully saturated rings. The molecule has 1 heterocycles. The maximum absolute atomic E-state index is 12.2. The van der Waals surface area contributed by atoms with E-state index in [-0.39, 0.29) is 5.91 Å². The summed E-state index contributed by atoms with van der Waals surface area (Å²) in [6.07, 6.45) is 2.36. The van der Waals surface area contributed by atoms with Gasteiger partial charge in [-0.15, -0.1) is 0 Å². The molecule has 1 aliphatic heterocycles. The summed E-state index contributed by atoms with van der Waals surface area (Å²) in [6.45, 7) is 10.9. The number of hydrogen-bond acceptors (Lipinski definition) is 2. The third kappa shape index (κ3) is 2.94. The normalized spacial score (nSPS) is 22.1. The lowest BCUT2D eigenvalue weighted by Crippen LogP contribution is -2.53. The van der Waals surface area contributed by atoms with E-state index in [9.17, 15) is 4.79 Å². The van der Waals surface area contributed by atoms with Crippen LogP contribution in [0.5, 0.6) is 0 Å². The van der Waals surface area contributed by atoms with Crippen LogP contribution < -0.4 is 5.32 Å². The highest BCUT2D eigenvalue weighted by Crippen LogP contribution is 2.21. The second-order valence-electron chi connectivity index (χ2n) is 4.97. The number of carbonyl (C=O) groups excluding carboxylic acids is 1. The lowest BCUT2D eigenvalue weighted by molar-refractivity contribution is -0.136. The first-order chi connectivity index (χ1) is 7.01. The second-order valence-corrected chi connectivity index (χ2v) is 4.97. The quantitative estimate of drug-likeness (QED) is 0.768. The van der Waals surface area contributed by atoms with Gasteiger partial charge in [0.05, 0.1) is 5.54 Å². The molecular weight excluding hydrogens is 188 g/mol. The molecule has 1 saturated heterocycles. The Kier molecular flexibility index (Phi) is 4.14. The number of likely N-dealkylation sites (N-methyl/N-ethyl adjacent to an activating group) is 1. The van der Waals surface area contributed by atoms with Gasteiger partial charge >= 0.3 is 0 Å². The average molecular weight is 212 g/mol. The van der Waals surface area contributed by atoms with Crippen LogP contribution in [-0.4, -0.2) is 36.0 Å². The van der Waals surface area contributed by atoms with Gasteiger partial charge in [0.2, 0.25) is 5.91 Å². The highest BCUT2D eigenvalue weighted by molar-refractivity contribution is 5.85. The molecule has 0 aromatic rings. The van der Waals surface area contributed by atoms with Crippen LogP contribution in [0.25, 0.3) is 0 Å². The summed E-state index contributed by atoms with van der Waals surface area (Å²) in [5.74, 6) is 0.965. The fraction of sp³-hybridized carbons (Fsp3) is 0.917. The van der Waals surface area contributed by atoms with Crippen molar-refractivity contribution < 1.29 is 4.79 Å². The maximum Gasteiger partial charge on any atom is 0.242 e. The lowest BCUT2D eigenvalue weighted by Gasteiger charge is -2.30. The van der Waals surface area contributed by atoms with Gasteiger partial charge in [0.15, 0.2) is 0 Å². The van der Waals surface area contributed by atoms with Crippen LogP contribution in [0.4, 0.5) is 0 Å². The van der Waals surface area contributed by atoms with Gasteiger partial charge in [0.1, 0.15) is 0 Å². The summed E-state index contributed by atoms with van der Waals surface area (Å²) in [7, 11) is 0. The molecule has 1 atom stereocenters. The van der Waals surface area contributed by atoms with E-state index in [1.807, 2.05) is 25.7 Å². The molecule has 1 rings (SSSR count). The van der Waals surface area contributed by atoms with Gasteiger partial charge in [0, 0.05) is 13.1 Å². The Morgan fingerprint density at radius 1 is 1.47 bits per heavy atom. The van der Waals surface area contributed by atoms with E-state index in [4.69, 9.17) is 0 Å². The summed E-state index contributed by atoms with van der Waals surface area (Å²) in [4.78, 5) is 14.2. The SMILES string of the molecule is CCNC(C)(C)C(=O)N1CCC(CC)C1. The van der Waals surface area contributed by atoms with Gasteiger partial charge in [-0.2, -0.15) is 0 Å². The Bertz CT molecular complexity index is 226. The van der Waals surface area contributed by atoms with Crippen LogP contribution in [0.3, 0.4) is 0 Å². The molecule has 3 heteroatoms. The van der Waals surface area contributed by atoms with Crippen LogP contribution in [0.1, 0.15) is 40.5 Å². The molecule has 1 amide bonds. The Morgan fingerprint density at radius 3 is 2.60 bits per heavy atom. The number of likely N-dealkylation sites (tertiary alicyclic amines) is 1. The molecule has 0 aliphatic carbocycles. The van der Waals surface area contributed by atoms with Crippen molar-refractivity contribution in [2.45, 2.75) is 46.1 Å². The van der Waals surface area contributed by atoms with Crippen molar-refractivity contribution in [1.82, 2.24) is 10.2 Å². The molecule has 0 bridgehead atoms. The first-order valence-corrected chi connectivity index (χ1v) is 6.05. The molecule has 88 valence electrons. The summed E-state index contributed by atoms with van der Waals surface area (Å²) in [5, 5.41) is 3.24. The summed E-state index contributed by atoms with van der Waals surface area (Å²) in [6, 6.07) is 0. The monoisotopic (exact) mass is 212 g/mol. The molecule has 0 aromatic heterocycles. The van der Waals surface area contributed by atoms with Crippen molar-refractivity contribution in [3.05, 3.63) is 0 Å². The number of carbonyl (C=O) groups is 1. The van der Waals surface area contributed by atoms with Crippen molar-refractivity contribution in [2.24, 2.45) is 5.92 Å². The van der Waals surface area contributed by atoms with Crippen LogP contribution in [0, 0.1) is 5.92 Å². The Morgan fingerprint density at radius 2 is 2.13 bits per heavy atom. The van der Waals surface area contributed by atoms with Crippen LogP contribution >= 0.6 is 0 Å². The molecule has 1 unspecified atom stereocenters. The molecule has 3 nitrogen and oxygen atoms in total. The minimum atomic E-state index is -0.405. The molecule has 1 N–H and O–H groups in total. The summed E-state index contributed by atoms with van der Waals surface area (Å²) >= 11 is 0. The van der Waals surface area contributed by atoms with Crippen molar-refractivity contribution >= 4 is 5.91 Å². The van der Waals surface area contributed by atoms with E-state index in [0.29, 0.717) is 5.92 Å². The van der Waals surface area contributed by atoms with E-state index >= 15 is 0 Å². The number of hydrogen-bond donors (Lipinski definition) is 1. The van der Waals surface area contributed by atoms with Gasteiger partial charge in [-0.3, -0.25) is 4.79 Å². The number of nitrogens with zero attached hydrogens (tertiary/aromatic N) is 1. The topological polar surface area (TPSA) is 32.3 Å². The highest BCUT2D eigenvalue weighted by Gasteiger charge is 2.34. The fourth-order valence-electron chi connectivity index (χ4n) is 2.26. The number of rotatable bonds is 4. The van der Waals surface area contributed by atoms with Gasteiger partial charge in [-0.25, -0.2) is 0 Å². The second kappa shape index (κ2) is 4.97. The molecule has 0 aromatic carbocycles. The van der Waals surface area contributed by atoms with E-state index in [2.05, 4.69) is 12.2 Å². The minimum Gasteiger partial charge on any atom is -0.341 e. The number of nitrogens with one attached hydrogen (secondary N) is 1. The fourth-order valence-corrected chi connectivity index (χ4v) is 2.26. The molecule has 0 spiro atoms. The number of amides is 1. The van der Waals surface area contributed by atoms with Crippen LogP contribution in [0.2, 0.25) is 0 Å². The zero-order valence-electron chi connectivity index (χ0n) is 10.5. The van der Waals surface area contributed by atoms with E-state index in [1.165, 1.54) is 12.8 Å². The Balaban J connectivity index is 2.54. The Hall–Kier alpha value is -0.570. The summed E-state index contributed by atoms with van der Waals surface area (Å²) in [5.41, 5.74) is -0.405. The average Bonchev–Trinajstić information content (AvgIpc) is 2.64. The predicted molar refractivity (Wildman–Crippen MR) is 62.7 cm³/mol. The third-order valence-corrected chi connectivity index (χ3v) is 3.30. The largest absolute Gasteiger partial charge is 0.341 e. The van der Waals surface area contributed by atoms with Crippen molar-refractivity contribution in [3.63, 3.8) is 0 Å². The van der Waals surface area contributed by atoms with Gasteiger partial charge in [-0.05, 0) is 32.7 Å². The molecule has 0 radical (unpaired) electrons. The summed E-state index contributed by atoms with van der Waals surface area (Å²) < 4.78 is 0. The lowest BCUT2D eigenvalue weighted by atomic mass is 10.0. The van der Waals surface area contributed by atoms with Gasteiger partial charge < -0.3 is 10.2 Å². The maximum atomic E-state index is 12.2. The smallest absolute Gasteiger partial charge is 0.242 e. The standard InChI is InChI=1S/C12H24N2O/c1-5-10-7-8-14(9-10)11(15)12(3,4)13-6-2/h10,13H,5-9H2,1-4H3. The third-order valence-electron chi connectivity index (χ3n) is 3.30.